The van der Waals surface area contributed by atoms with Crippen LogP contribution in [0, 0.1) is 0 Å². The standard InChI is InChI=1S/C14H20N4O/c1-10(2)16-14(19)9-15-8-12-11-6-4-5-7-13(11)18(3)17-12/h4-7,10,15H,8-9H2,1-3H3,(H,16,19). The molecule has 1 aromatic carbocycles. The molecule has 0 aliphatic heterocycles. The molecule has 5 nitrogen and oxygen atoms in total. The van der Waals surface area contributed by atoms with Crippen LogP contribution in [0.15, 0.2) is 24.3 Å². The predicted octanol–water partition coefficient (Wildman–Crippen LogP) is 1.19. The summed E-state index contributed by atoms with van der Waals surface area (Å²) in [5.74, 6) is 0.00948. The Morgan fingerprint density at radius 1 is 1.37 bits per heavy atom. The Morgan fingerprint density at radius 2 is 2.11 bits per heavy atom. The van der Waals surface area contributed by atoms with E-state index in [0.29, 0.717) is 13.1 Å². The number of para-hydroxylation sites is 1. The fourth-order valence-corrected chi connectivity index (χ4v) is 2.09. The van der Waals surface area contributed by atoms with Crippen molar-refractivity contribution in [2.45, 2.75) is 26.4 Å². The SMILES string of the molecule is CC(C)NC(=O)CNCc1nn(C)c2ccccc12. The maximum absolute atomic E-state index is 11.5. The lowest BCUT2D eigenvalue weighted by Crippen LogP contribution is -2.37. The summed E-state index contributed by atoms with van der Waals surface area (Å²) in [5, 5.41) is 11.6. The highest BCUT2D eigenvalue weighted by Gasteiger charge is 2.08. The minimum atomic E-state index is 0.00948. The lowest BCUT2D eigenvalue weighted by atomic mass is 10.2. The molecule has 0 aliphatic carbocycles. The van der Waals surface area contributed by atoms with E-state index in [9.17, 15) is 4.79 Å². The van der Waals surface area contributed by atoms with E-state index in [0.717, 1.165) is 16.6 Å². The summed E-state index contributed by atoms with van der Waals surface area (Å²) in [6, 6.07) is 8.26. The summed E-state index contributed by atoms with van der Waals surface area (Å²) >= 11 is 0. The van der Waals surface area contributed by atoms with Crippen molar-refractivity contribution < 1.29 is 4.79 Å². The van der Waals surface area contributed by atoms with Gasteiger partial charge in [-0.1, -0.05) is 18.2 Å². The molecule has 19 heavy (non-hydrogen) atoms. The van der Waals surface area contributed by atoms with Crippen molar-refractivity contribution in [3.8, 4) is 0 Å². The zero-order valence-electron chi connectivity index (χ0n) is 11.6. The Hall–Kier alpha value is -1.88. The van der Waals surface area contributed by atoms with Gasteiger partial charge in [0.25, 0.3) is 0 Å². The van der Waals surface area contributed by atoms with Crippen molar-refractivity contribution in [1.82, 2.24) is 20.4 Å². The van der Waals surface area contributed by atoms with E-state index in [-0.39, 0.29) is 11.9 Å². The average molecular weight is 260 g/mol. The molecular weight excluding hydrogens is 240 g/mol. The van der Waals surface area contributed by atoms with Crippen LogP contribution in [0.3, 0.4) is 0 Å². The number of hydrogen-bond acceptors (Lipinski definition) is 3. The van der Waals surface area contributed by atoms with Crippen LogP contribution < -0.4 is 10.6 Å². The fraction of sp³-hybridized carbons (Fsp3) is 0.429. The first-order chi connectivity index (χ1) is 9.08. The normalized spacial score (nSPS) is 11.2. The van der Waals surface area contributed by atoms with Crippen molar-refractivity contribution in [1.29, 1.82) is 0 Å². The molecule has 1 heterocycles. The van der Waals surface area contributed by atoms with Crippen LogP contribution >= 0.6 is 0 Å². The van der Waals surface area contributed by atoms with Gasteiger partial charge in [-0.3, -0.25) is 9.48 Å². The second-order valence-electron chi connectivity index (χ2n) is 4.91. The minimum Gasteiger partial charge on any atom is -0.353 e. The van der Waals surface area contributed by atoms with Crippen molar-refractivity contribution in [2.75, 3.05) is 6.54 Å². The maximum atomic E-state index is 11.5. The van der Waals surface area contributed by atoms with Gasteiger partial charge in [-0.2, -0.15) is 5.10 Å². The molecule has 0 aliphatic rings. The Labute approximate surface area is 113 Å². The second kappa shape index (κ2) is 5.84. The maximum Gasteiger partial charge on any atom is 0.234 e. The van der Waals surface area contributed by atoms with Crippen LogP contribution in [0.2, 0.25) is 0 Å². The monoisotopic (exact) mass is 260 g/mol. The summed E-state index contributed by atoms with van der Waals surface area (Å²) in [6.45, 7) is 4.80. The molecule has 2 aromatic rings. The van der Waals surface area contributed by atoms with Gasteiger partial charge in [0.05, 0.1) is 17.8 Å². The van der Waals surface area contributed by atoms with Gasteiger partial charge in [0, 0.05) is 25.0 Å². The molecular formula is C14H20N4O. The van der Waals surface area contributed by atoms with E-state index >= 15 is 0 Å². The van der Waals surface area contributed by atoms with Gasteiger partial charge in [-0.15, -0.1) is 0 Å². The largest absolute Gasteiger partial charge is 0.353 e. The van der Waals surface area contributed by atoms with Crippen LogP contribution in [0.5, 0.6) is 0 Å². The molecule has 2 N–H and O–H groups in total. The molecule has 0 atom stereocenters. The molecule has 2 rings (SSSR count). The number of rotatable bonds is 5. The number of hydrogen-bond donors (Lipinski definition) is 2. The molecule has 0 spiro atoms. The number of carbonyl (C=O) groups is 1. The topological polar surface area (TPSA) is 59.0 Å². The molecule has 1 aromatic heterocycles. The zero-order valence-corrected chi connectivity index (χ0v) is 11.6. The van der Waals surface area contributed by atoms with Crippen LogP contribution in [-0.2, 0) is 18.4 Å². The minimum absolute atomic E-state index is 0.00948. The molecule has 0 fully saturated rings. The first-order valence-electron chi connectivity index (χ1n) is 6.48. The summed E-state index contributed by atoms with van der Waals surface area (Å²) < 4.78 is 1.86. The number of nitrogens with zero attached hydrogens (tertiary/aromatic N) is 2. The second-order valence-corrected chi connectivity index (χ2v) is 4.91. The lowest BCUT2D eigenvalue weighted by molar-refractivity contribution is -0.120. The molecule has 5 heteroatoms. The molecule has 0 saturated heterocycles. The fourth-order valence-electron chi connectivity index (χ4n) is 2.09. The van der Waals surface area contributed by atoms with Crippen molar-refractivity contribution in [3.63, 3.8) is 0 Å². The Bertz CT molecular complexity index is 574. The van der Waals surface area contributed by atoms with E-state index in [1.54, 1.807) is 0 Å². The van der Waals surface area contributed by atoms with E-state index in [2.05, 4.69) is 15.7 Å². The third kappa shape index (κ3) is 3.32. The summed E-state index contributed by atoms with van der Waals surface area (Å²) in [6.07, 6.45) is 0. The van der Waals surface area contributed by atoms with Crippen LogP contribution in [0.1, 0.15) is 19.5 Å². The molecule has 0 radical (unpaired) electrons. The van der Waals surface area contributed by atoms with E-state index in [1.807, 2.05) is 49.8 Å². The Balaban J connectivity index is 1.97. The lowest BCUT2D eigenvalue weighted by Gasteiger charge is -2.08. The predicted molar refractivity (Wildman–Crippen MR) is 75.7 cm³/mol. The highest BCUT2D eigenvalue weighted by molar-refractivity contribution is 5.82. The van der Waals surface area contributed by atoms with Crippen molar-refractivity contribution >= 4 is 16.8 Å². The summed E-state index contributed by atoms with van der Waals surface area (Å²) in [4.78, 5) is 11.5. The molecule has 0 bridgehead atoms. The average Bonchev–Trinajstić information content (AvgIpc) is 2.66. The number of amides is 1. The number of carbonyl (C=O) groups excluding carboxylic acids is 1. The first kappa shape index (κ1) is 13.5. The Kier molecular flexibility index (Phi) is 4.16. The number of aromatic nitrogens is 2. The van der Waals surface area contributed by atoms with E-state index in [1.165, 1.54) is 0 Å². The van der Waals surface area contributed by atoms with Gasteiger partial charge in [-0.05, 0) is 19.9 Å². The molecule has 102 valence electrons. The zero-order chi connectivity index (χ0) is 13.8. The molecule has 0 unspecified atom stereocenters. The van der Waals surface area contributed by atoms with Crippen LogP contribution in [0.4, 0.5) is 0 Å². The highest BCUT2D eigenvalue weighted by Crippen LogP contribution is 2.16. The number of fused-ring (bicyclic) bond motifs is 1. The van der Waals surface area contributed by atoms with Gasteiger partial charge in [0.1, 0.15) is 0 Å². The quantitative estimate of drug-likeness (QED) is 0.849. The smallest absolute Gasteiger partial charge is 0.234 e. The van der Waals surface area contributed by atoms with Crippen LogP contribution in [0.25, 0.3) is 10.9 Å². The van der Waals surface area contributed by atoms with Crippen molar-refractivity contribution in [3.05, 3.63) is 30.0 Å². The van der Waals surface area contributed by atoms with Crippen LogP contribution in [-0.4, -0.2) is 28.3 Å². The van der Waals surface area contributed by atoms with E-state index in [4.69, 9.17) is 0 Å². The Morgan fingerprint density at radius 3 is 2.84 bits per heavy atom. The summed E-state index contributed by atoms with van der Waals surface area (Å²) in [5.41, 5.74) is 2.07. The van der Waals surface area contributed by atoms with Gasteiger partial charge in [0.2, 0.25) is 5.91 Å². The molecule has 0 saturated carbocycles. The van der Waals surface area contributed by atoms with E-state index < -0.39 is 0 Å². The first-order valence-corrected chi connectivity index (χ1v) is 6.48. The molecule has 1 amide bonds. The number of nitrogens with one attached hydrogen (secondary N) is 2. The van der Waals surface area contributed by atoms with Gasteiger partial charge >= 0.3 is 0 Å². The summed E-state index contributed by atoms with van der Waals surface area (Å²) in [7, 11) is 1.93. The van der Waals surface area contributed by atoms with Gasteiger partial charge in [-0.25, -0.2) is 0 Å². The number of aryl methyl sites for hydroxylation is 1. The number of benzene rings is 1. The third-order valence-corrected chi connectivity index (χ3v) is 2.86. The van der Waals surface area contributed by atoms with Gasteiger partial charge in [0.15, 0.2) is 0 Å². The van der Waals surface area contributed by atoms with Crippen molar-refractivity contribution in [2.24, 2.45) is 7.05 Å². The highest BCUT2D eigenvalue weighted by atomic mass is 16.1. The third-order valence-electron chi connectivity index (χ3n) is 2.86. The van der Waals surface area contributed by atoms with Gasteiger partial charge < -0.3 is 10.6 Å².